The number of ether oxygens (including phenoxy) is 3. The lowest BCUT2D eigenvalue weighted by molar-refractivity contribution is -0.161. The Morgan fingerprint density at radius 1 is 0.583 bits per heavy atom. The number of hydrogen-bond acceptors (Lipinski definition) is 11. The molecule has 1 fully saturated rings. The average Bonchev–Trinajstić information content (AvgIpc) is 3.96. The summed E-state index contributed by atoms with van der Waals surface area (Å²) in [7, 11) is -9.70. The highest BCUT2D eigenvalue weighted by molar-refractivity contribution is 7.47. The minimum atomic E-state index is -4.87. The van der Waals surface area contributed by atoms with Gasteiger partial charge in [-0.25, -0.2) is 9.13 Å². The molecule has 0 bridgehead atoms. The number of carbonyl (C=O) groups is 2. The smallest absolute Gasteiger partial charge is 0.462 e. The topological polar surface area (TPSA) is 208 Å². The maximum absolute atomic E-state index is 12.7. The number of epoxide rings is 1. The summed E-state index contributed by atoms with van der Waals surface area (Å²) in [5.74, 6) is -1.11. The van der Waals surface area contributed by atoms with E-state index in [1.54, 1.807) is 0 Å². The minimum absolute atomic E-state index is 0.0793. The van der Waals surface area contributed by atoms with Gasteiger partial charge in [-0.1, -0.05) is 127 Å². The summed E-state index contributed by atoms with van der Waals surface area (Å²) in [6, 6.07) is 0. The molecular formula is C44H78O14P2. The highest BCUT2D eigenvalue weighted by Crippen LogP contribution is 2.44. The number of aliphatic hydroxyl groups is 1. The first-order valence-corrected chi connectivity index (χ1v) is 25.5. The molecule has 1 rings (SSSR count). The van der Waals surface area contributed by atoms with Crippen molar-refractivity contribution in [1.29, 1.82) is 0 Å². The number of phosphoric acid groups is 2. The van der Waals surface area contributed by atoms with Crippen molar-refractivity contribution in [2.45, 2.75) is 192 Å². The second-order valence-corrected chi connectivity index (χ2v) is 18.0. The Kier molecular flexibility index (Phi) is 34.1. The Labute approximate surface area is 360 Å². The van der Waals surface area contributed by atoms with Crippen LogP contribution in [0.1, 0.15) is 168 Å². The Balaban J connectivity index is 2.41. The number of esters is 2. The molecule has 0 aromatic carbocycles. The monoisotopic (exact) mass is 892 g/mol. The lowest BCUT2D eigenvalue weighted by Crippen LogP contribution is -2.30. The van der Waals surface area contributed by atoms with E-state index in [0.29, 0.717) is 19.3 Å². The molecule has 348 valence electrons. The molecule has 1 aliphatic heterocycles. The Morgan fingerprint density at radius 3 is 1.73 bits per heavy atom. The third-order valence-corrected chi connectivity index (χ3v) is 11.0. The van der Waals surface area contributed by atoms with Crippen LogP contribution in [-0.4, -0.2) is 82.6 Å². The number of phosphoric ester groups is 2. The van der Waals surface area contributed by atoms with Crippen molar-refractivity contribution in [1.82, 2.24) is 0 Å². The molecule has 16 heteroatoms. The van der Waals surface area contributed by atoms with Crippen LogP contribution in [0, 0.1) is 0 Å². The molecule has 1 heterocycles. The van der Waals surface area contributed by atoms with Crippen LogP contribution in [0.5, 0.6) is 0 Å². The van der Waals surface area contributed by atoms with Crippen molar-refractivity contribution in [3.05, 3.63) is 48.6 Å². The molecule has 0 spiro atoms. The van der Waals surface area contributed by atoms with Crippen LogP contribution in [0.2, 0.25) is 0 Å². The van der Waals surface area contributed by atoms with Gasteiger partial charge in [0.25, 0.3) is 0 Å². The van der Waals surface area contributed by atoms with Crippen molar-refractivity contribution >= 4 is 27.6 Å². The maximum atomic E-state index is 12.7. The van der Waals surface area contributed by atoms with E-state index in [2.05, 4.69) is 71.5 Å². The first-order chi connectivity index (χ1) is 28.8. The average molecular weight is 893 g/mol. The van der Waals surface area contributed by atoms with Gasteiger partial charge in [-0.15, -0.1) is 0 Å². The van der Waals surface area contributed by atoms with Gasteiger partial charge in [0.15, 0.2) is 6.10 Å². The van der Waals surface area contributed by atoms with Gasteiger partial charge in [0.1, 0.15) is 12.7 Å². The van der Waals surface area contributed by atoms with Crippen LogP contribution in [0.15, 0.2) is 48.6 Å². The van der Waals surface area contributed by atoms with E-state index >= 15 is 0 Å². The summed E-state index contributed by atoms with van der Waals surface area (Å²) >= 11 is 0. The summed E-state index contributed by atoms with van der Waals surface area (Å²) in [4.78, 5) is 52.8. The molecule has 1 saturated heterocycles. The van der Waals surface area contributed by atoms with Gasteiger partial charge < -0.3 is 34.0 Å². The fourth-order valence-corrected chi connectivity index (χ4v) is 7.23. The van der Waals surface area contributed by atoms with Crippen LogP contribution < -0.4 is 0 Å². The number of rotatable bonds is 41. The molecule has 60 heavy (non-hydrogen) atoms. The van der Waals surface area contributed by atoms with Crippen LogP contribution >= 0.6 is 15.6 Å². The van der Waals surface area contributed by atoms with E-state index < -0.39 is 66.2 Å². The van der Waals surface area contributed by atoms with Gasteiger partial charge in [-0.2, -0.15) is 0 Å². The van der Waals surface area contributed by atoms with E-state index in [1.807, 2.05) is 0 Å². The molecule has 0 aromatic rings. The molecule has 3 unspecified atom stereocenters. The fourth-order valence-electron chi connectivity index (χ4n) is 6.08. The summed E-state index contributed by atoms with van der Waals surface area (Å²) in [6.45, 7) is 1.63. The predicted molar refractivity (Wildman–Crippen MR) is 234 cm³/mol. The molecule has 1 aliphatic rings. The highest BCUT2D eigenvalue weighted by Gasteiger charge is 2.36. The predicted octanol–water partition coefficient (Wildman–Crippen LogP) is 10.4. The van der Waals surface area contributed by atoms with Gasteiger partial charge in [0, 0.05) is 12.8 Å². The zero-order valence-electron chi connectivity index (χ0n) is 36.5. The third-order valence-electron chi connectivity index (χ3n) is 9.60. The summed E-state index contributed by atoms with van der Waals surface area (Å²) in [6.07, 6.45) is 38.3. The van der Waals surface area contributed by atoms with Crippen molar-refractivity contribution in [2.75, 3.05) is 26.4 Å². The van der Waals surface area contributed by atoms with Gasteiger partial charge >= 0.3 is 27.6 Å². The normalized spacial score (nSPS) is 17.8. The summed E-state index contributed by atoms with van der Waals surface area (Å²) in [5, 5.41) is 9.76. The van der Waals surface area contributed by atoms with Crippen LogP contribution in [-0.2, 0) is 46.5 Å². The molecule has 5 atom stereocenters. The zero-order chi connectivity index (χ0) is 44.2. The molecular weight excluding hydrogens is 814 g/mol. The largest absolute Gasteiger partial charge is 0.472 e. The molecule has 0 saturated carbocycles. The van der Waals surface area contributed by atoms with Crippen molar-refractivity contribution in [3.8, 4) is 0 Å². The lowest BCUT2D eigenvalue weighted by Gasteiger charge is -2.20. The highest BCUT2D eigenvalue weighted by atomic mass is 31.2. The second kappa shape index (κ2) is 36.5. The van der Waals surface area contributed by atoms with Crippen molar-refractivity contribution < 1.29 is 66.3 Å². The van der Waals surface area contributed by atoms with Gasteiger partial charge in [0.05, 0.1) is 32.0 Å². The lowest BCUT2D eigenvalue weighted by atomic mass is 10.1. The standard InChI is InChI=1S/C44H78O14P2/c1-3-5-7-9-11-13-15-17-18-19-21-23-25-27-29-33-44(47)57-40(38-56-60(51,52)55-36-39(45)35-54-59(48,49)50)37-53-43(46)34-30-32-42-41(58-42)31-28-26-24-22-20-16-14-12-10-8-6-4-2/h12-15,20,22,26,28,39-42,45H,3-11,16-19,21,23-25,27,29-38H2,1-2H3,(H,51,52)(H2,48,49,50)/b14-12-,15-13-,22-20-,28-26-/t39-,40+,41?,42?/m0/s1. The van der Waals surface area contributed by atoms with Crippen molar-refractivity contribution in [2.24, 2.45) is 0 Å². The molecule has 0 aliphatic carbocycles. The summed E-state index contributed by atoms with van der Waals surface area (Å²) in [5.41, 5.74) is 0. The van der Waals surface area contributed by atoms with Crippen LogP contribution in [0.3, 0.4) is 0 Å². The van der Waals surface area contributed by atoms with Crippen LogP contribution in [0.25, 0.3) is 0 Å². The number of unbranched alkanes of at least 4 members (excludes halogenated alkanes) is 14. The number of allylic oxidation sites excluding steroid dienone is 7. The van der Waals surface area contributed by atoms with Gasteiger partial charge in [-0.3, -0.25) is 23.2 Å². The zero-order valence-corrected chi connectivity index (χ0v) is 38.3. The Bertz CT molecular complexity index is 1310. The van der Waals surface area contributed by atoms with E-state index in [4.69, 9.17) is 28.5 Å². The molecule has 0 aromatic heterocycles. The quantitative estimate of drug-likeness (QED) is 0.0148. The molecule has 4 N–H and O–H groups in total. The second-order valence-electron chi connectivity index (χ2n) is 15.4. The molecule has 14 nitrogen and oxygen atoms in total. The minimum Gasteiger partial charge on any atom is -0.462 e. The number of hydrogen-bond donors (Lipinski definition) is 4. The fraction of sp³-hybridized carbons (Fsp3) is 0.773. The third kappa shape index (κ3) is 36.7. The Morgan fingerprint density at radius 2 is 1.08 bits per heavy atom. The van der Waals surface area contributed by atoms with Gasteiger partial charge in [0.2, 0.25) is 0 Å². The van der Waals surface area contributed by atoms with E-state index in [0.717, 1.165) is 64.2 Å². The van der Waals surface area contributed by atoms with Crippen molar-refractivity contribution in [3.63, 3.8) is 0 Å². The van der Waals surface area contributed by atoms with Crippen LogP contribution in [0.4, 0.5) is 0 Å². The van der Waals surface area contributed by atoms with E-state index in [9.17, 15) is 28.7 Å². The number of aliphatic hydroxyl groups excluding tert-OH is 1. The molecule has 0 amide bonds. The first kappa shape index (κ1) is 56.1. The first-order valence-electron chi connectivity index (χ1n) is 22.5. The number of carbonyl (C=O) groups excluding carboxylic acids is 2. The van der Waals surface area contributed by atoms with E-state index in [1.165, 1.54) is 57.8 Å². The molecule has 0 radical (unpaired) electrons. The SMILES string of the molecule is CCCCC/C=C\C/C=C\C/C=C\CC1OC1CCCC(=O)OC[C@H](COP(=O)(O)OC[C@@H](O)COP(=O)(O)O)OC(=O)CCCCCCCCC/C=C\CCCCCC. The summed E-state index contributed by atoms with van der Waals surface area (Å²) < 4.78 is 53.6. The maximum Gasteiger partial charge on any atom is 0.472 e. The van der Waals surface area contributed by atoms with Gasteiger partial charge in [-0.05, 0) is 77.0 Å². The van der Waals surface area contributed by atoms with E-state index in [-0.39, 0.29) is 25.0 Å². The Hall–Kier alpha value is -1.96.